The maximum absolute atomic E-state index is 12.9. The summed E-state index contributed by atoms with van der Waals surface area (Å²) in [5.74, 6) is -1.35. The van der Waals surface area contributed by atoms with E-state index in [2.05, 4.69) is 5.32 Å². The number of carbonyl (C=O) groups excluding carboxylic acids is 1. The van der Waals surface area contributed by atoms with Gasteiger partial charge in [0.15, 0.2) is 0 Å². The number of carboxylic acids is 1. The first-order valence-electron chi connectivity index (χ1n) is 9.97. The summed E-state index contributed by atoms with van der Waals surface area (Å²) in [6.07, 6.45) is 6.21. The van der Waals surface area contributed by atoms with Crippen LogP contribution in [0.15, 0.2) is 42.5 Å². The molecule has 1 aliphatic rings. The van der Waals surface area contributed by atoms with Gasteiger partial charge in [0.25, 0.3) is 5.91 Å². The van der Waals surface area contributed by atoms with Crippen LogP contribution in [0.3, 0.4) is 0 Å². The van der Waals surface area contributed by atoms with Gasteiger partial charge in [0.1, 0.15) is 0 Å². The Morgan fingerprint density at radius 3 is 2.34 bits per heavy atom. The van der Waals surface area contributed by atoms with Gasteiger partial charge in [0, 0.05) is 12.0 Å². The first-order valence-corrected chi connectivity index (χ1v) is 10.3. The van der Waals surface area contributed by atoms with E-state index in [9.17, 15) is 19.8 Å². The number of carbonyl (C=O) groups is 2. The minimum Gasteiger partial charge on any atom is -0.478 e. The van der Waals surface area contributed by atoms with Crippen LogP contribution in [-0.2, 0) is 0 Å². The highest BCUT2D eigenvalue weighted by Gasteiger charge is 2.31. The molecule has 3 N–H and O–H groups in total. The highest BCUT2D eigenvalue weighted by molar-refractivity contribution is 6.34. The molecule has 0 aliphatic heterocycles. The zero-order valence-corrected chi connectivity index (χ0v) is 17.0. The summed E-state index contributed by atoms with van der Waals surface area (Å²) >= 11 is 6.27. The number of halogens is 1. The highest BCUT2D eigenvalue weighted by atomic mass is 35.5. The molecule has 1 aliphatic carbocycles. The second-order valence-corrected chi connectivity index (χ2v) is 8.21. The zero-order valence-electron chi connectivity index (χ0n) is 16.3. The third-order valence-electron chi connectivity index (χ3n) is 5.80. The number of aromatic carboxylic acids is 1. The lowest BCUT2D eigenvalue weighted by Gasteiger charge is -2.31. The SMILES string of the molecule is O=C(NCC1(CO)CCCCCC1)c1cc(-c2ccccc2C(=O)O)ccc1Cl. The molecule has 0 unspecified atom stereocenters. The van der Waals surface area contributed by atoms with Crippen LogP contribution >= 0.6 is 11.6 Å². The van der Waals surface area contributed by atoms with E-state index in [1.807, 2.05) is 0 Å². The fourth-order valence-electron chi connectivity index (χ4n) is 4.02. The van der Waals surface area contributed by atoms with E-state index < -0.39 is 5.97 Å². The van der Waals surface area contributed by atoms with Crippen LogP contribution in [0.4, 0.5) is 0 Å². The van der Waals surface area contributed by atoms with Crippen molar-refractivity contribution in [1.29, 1.82) is 0 Å². The Morgan fingerprint density at radius 1 is 1.00 bits per heavy atom. The number of benzene rings is 2. The summed E-state index contributed by atoms with van der Waals surface area (Å²) in [6, 6.07) is 11.6. The normalized spacial score (nSPS) is 16.1. The average molecular weight is 416 g/mol. The summed E-state index contributed by atoms with van der Waals surface area (Å²) in [7, 11) is 0. The highest BCUT2D eigenvalue weighted by Crippen LogP contribution is 2.34. The lowest BCUT2D eigenvalue weighted by Crippen LogP contribution is -2.40. The Morgan fingerprint density at radius 2 is 1.69 bits per heavy atom. The van der Waals surface area contributed by atoms with Crippen molar-refractivity contribution in [1.82, 2.24) is 5.32 Å². The van der Waals surface area contributed by atoms with E-state index in [0.29, 0.717) is 28.3 Å². The van der Waals surface area contributed by atoms with Crippen molar-refractivity contribution in [2.45, 2.75) is 38.5 Å². The zero-order chi connectivity index (χ0) is 20.9. The molecular weight excluding hydrogens is 390 g/mol. The number of aliphatic hydroxyl groups excluding tert-OH is 1. The molecular formula is C23H26ClNO4. The predicted octanol–water partition coefficient (Wildman–Crippen LogP) is 4.77. The summed E-state index contributed by atoms with van der Waals surface area (Å²) in [5, 5.41) is 22.6. The van der Waals surface area contributed by atoms with Gasteiger partial charge in [-0.3, -0.25) is 4.79 Å². The van der Waals surface area contributed by atoms with Crippen LogP contribution in [0.2, 0.25) is 5.02 Å². The maximum Gasteiger partial charge on any atom is 0.336 e. The van der Waals surface area contributed by atoms with Crippen molar-refractivity contribution in [2.24, 2.45) is 5.41 Å². The van der Waals surface area contributed by atoms with E-state index in [1.54, 1.807) is 36.4 Å². The van der Waals surface area contributed by atoms with E-state index in [-0.39, 0.29) is 23.5 Å². The third-order valence-corrected chi connectivity index (χ3v) is 6.13. The van der Waals surface area contributed by atoms with Gasteiger partial charge in [-0.25, -0.2) is 4.79 Å². The Kier molecular flexibility index (Phi) is 6.93. The molecule has 0 saturated heterocycles. The first-order chi connectivity index (χ1) is 14.0. The van der Waals surface area contributed by atoms with Gasteiger partial charge in [0.2, 0.25) is 0 Å². The molecule has 1 fully saturated rings. The topological polar surface area (TPSA) is 86.6 Å². The van der Waals surface area contributed by atoms with E-state index >= 15 is 0 Å². The first kappa shape index (κ1) is 21.3. The van der Waals surface area contributed by atoms with E-state index in [4.69, 9.17) is 11.6 Å². The molecule has 3 rings (SSSR count). The minimum atomic E-state index is -1.03. The number of hydrogen-bond donors (Lipinski definition) is 3. The molecule has 0 aromatic heterocycles. The molecule has 29 heavy (non-hydrogen) atoms. The van der Waals surface area contributed by atoms with Crippen molar-refractivity contribution in [3.8, 4) is 11.1 Å². The Balaban J connectivity index is 1.83. The summed E-state index contributed by atoms with van der Waals surface area (Å²) in [5.41, 5.74) is 1.32. The molecule has 2 aromatic rings. The monoisotopic (exact) mass is 415 g/mol. The summed E-state index contributed by atoms with van der Waals surface area (Å²) < 4.78 is 0. The van der Waals surface area contributed by atoms with Crippen LogP contribution in [-0.4, -0.2) is 35.2 Å². The molecule has 2 aromatic carbocycles. The van der Waals surface area contributed by atoms with Gasteiger partial charge in [-0.2, -0.15) is 0 Å². The molecule has 154 valence electrons. The number of amides is 1. The second kappa shape index (κ2) is 9.42. The largest absolute Gasteiger partial charge is 0.478 e. The Bertz CT molecular complexity index is 888. The Labute approximate surface area is 175 Å². The lowest BCUT2D eigenvalue weighted by atomic mass is 9.81. The molecule has 1 amide bonds. The maximum atomic E-state index is 12.9. The van der Waals surface area contributed by atoms with Crippen molar-refractivity contribution in [3.05, 3.63) is 58.6 Å². The fourth-order valence-corrected chi connectivity index (χ4v) is 4.22. The molecule has 6 heteroatoms. The van der Waals surface area contributed by atoms with Gasteiger partial charge in [0.05, 0.1) is 22.8 Å². The van der Waals surface area contributed by atoms with Crippen LogP contribution < -0.4 is 5.32 Å². The fraction of sp³-hybridized carbons (Fsp3) is 0.391. The summed E-state index contributed by atoms with van der Waals surface area (Å²) in [6.45, 7) is 0.446. The molecule has 5 nitrogen and oxygen atoms in total. The van der Waals surface area contributed by atoms with E-state index in [1.165, 1.54) is 6.07 Å². The molecule has 0 atom stereocenters. The Hall–Kier alpha value is -2.37. The second-order valence-electron chi connectivity index (χ2n) is 7.80. The molecule has 0 spiro atoms. The number of hydrogen-bond acceptors (Lipinski definition) is 3. The smallest absolute Gasteiger partial charge is 0.336 e. The van der Waals surface area contributed by atoms with Crippen LogP contribution in [0.25, 0.3) is 11.1 Å². The lowest BCUT2D eigenvalue weighted by molar-refractivity contribution is 0.0697. The number of nitrogens with one attached hydrogen (secondary N) is 1. The summed E-state index contributed by atoms with van der Waals surface area (Å²) in [4.78, 5) is 24.4. The number of aliphatic hydroxyl groups is 1. The van der Waals surface area contributed by atoms with Gasteiger partial charge < -0.3 is 15.5 Å². The van der Waals surface area contributed by atoms with Gasteiger partial charge in [-0.05, 0) is 42.2 Å². The number of carboxylic acid groups (broad SMARTS) is 1. The van der Waals surface area contributed by atoms with E-state index in [0.717, 1.165) is 38.5 Å². The van der Waals surface area contributed by atoms with Crippen molar-refractivity contribution < 1.29 is 19.8 Å². The standard InChI is InChI=1S/C23H26ClNO4/c24-20-10-9-16(17-7-3-4-8-18(17)22(28)29)13-19(20)21(27)25-14-23(15-26)11-5-1-2-6-12-23/h3-4,7-10,13,26H,1-2,5-6,11-12,14-15H2,(H,25,27)(H,28,29). The average Bonchev–Trinajstić information content (AvgIpc) is 2.98. The predicted molar refractivity (Wildman–Crippen MR) is 113 cm³/mol. The minimum absolute atomic E-state index is 0.0486. The van der Waals surface area contributed by atoms with Crippen LogP contribution in [0, 0.1) is 5.41 Å². The van der Waals surface area contributed by atoms with Crippen LogP contribution in [0.5, 0.6) is 0 Å². The number of rotatable bonds is 6. The third kappa shape index (κ3) is 4.98. The van der Waals surface area contributed by atoms with Gasteiger partial charge in [-0.1, -0.05) is 61.5 Å². The van der Waals surface area contributed by atoms with Gasteiger partial charge in [-0.15, -0.1) is 0 Å². The molecule has 0 heterocycles. The van der Waals surface area contributed by atoms with Gasteiger partial charge >= 0.3 is 5.97 Å². The van der Waals surface area contributed by atoms with Crippen molar-refractivity contribution in [3.63, 3.8) is 0 Å². The van der Waals surface area contributed by atoms with Crippen molar-refractivity contribution in [2.75, 3.05) is 13.2 Å². The molecule has 0 radical (unpaired) electrons. The molecule has 1 saturated carbocycles. The molecule has 0 bridgehead atoms. The van der Waals surface area contributed by atoms with Crippen molar-refractivity contribution >= 4 is 23.5 Å². The van der Waals surface area contributed by atoms with Crippen LogP contribution in [0.1, 0.15) is 59.2 Å². The quantitative estimate of drug-likeness (QED) is 0.593.